The lowest BCUT2D eigenvalue weighted by Gasteiger charge is -2.13. The largest absolute Gasteiger partial charge is 0.573 e. The second kappa shape index (κ2) is 6.91. The minimum Gasteiger partial charge on any atom is -0.441 e. The van der Waals surface area contributed by atoms with E-state index in [1.807, 2.05) is 6.07 Å². The molecule has 1 amide bonds. The van der Waals surface area contributed by atoms with Gasteiger partial charge in [-0.15, -0.1) is 13.2 Å². The maximum atomic E-state index is 12.5. The maximum Gasteiger partial charge on any atom is 0.573 e. The first-order valence-corrected chi connectivity index (χ1v) is 7.52. The fourth-order valence-electron chi connectivity index (χ4n) is 2.28. The third kappa shape index (κ3) is 4.02. The number of ether oxygens (including phenoxy) is 1. The summed E-state index contributed by atoms with van der Waals surface area (Å²) in [6.45, 7) is 1.55. The van der Waals surface area contributed by atoms with Gasteiger partial charge in [0.25, 0.3) is 5.91 Å². The molecule has 134 valence electrons. The Balaban J connectivity index is 1.85. The first-order valence-electron chi connectivity index (χ1n) is 7.52. The molecule has 0 aliphatic rings. The number of oxazole rings is 1. The van der Waals surface area contributed by atoms with Crippen molar-refractivity contribution in [3.8, 4) is 17.2 Å². The van der Waals surface area contributed by atoms with Crippen molar-refractivity contribution in [2.75, 3.05) is 5.32 Å². The summed E-state index contributed by atoms with van der Waals surface area (Å²) in [5, 5.41) is 2.37. The van der Waals surface area contributed by atoms with Gasteiger partial charge < -0.3 is 14.5 Å². The third-order valence-corrected chi connectivity index (χ3v) is 3.39. The molecule has 0 aliphatic carbocycles. The van der Waals surface area contributed by atoms with Crippen LogP contribution in [-0.4, -0.2) is 17.3 Å². The molecule has 5 nitrogen and oxygen atoms in total. The number of benzene rings is 2. The predicted octanol–water partition coefficient (Wildman–Crippen LogP) is 4.80. The molecule has 3 aromatic rings. The lowest BCUT2D eigenvalue weighted by Crippen LogP contribution is -2.20. The minimum absolute atomic E-state index is 0.0225. The van der Waals surface area contributed by atoms with Gasteiger partial charge in [-0.25, -0.2) is 4.98 Å². The summed E-state index contributed by atoms with van der Waals surface area (Å²) < 4.78 is 46.8. The van der Waals surface area contributed by atoms with Crippen molar-refractivity contribution in [2.45, 2.75) is 13.3 Å². The molecule has 0 radical (unpaired) electrons. The normalized spacial score (nSPS) is 11.2. The topological polar surface area (TPSA) is 64.4 Å². The van der Waals surface area contributed by atoms with Crippen molar-refractivity contribution in [3.05, 3.63) is 66.1 Å². The molecular formula is C18H13F3N2O3. The number of amides is 1. The lowest BCUT2D eigenvalue weighted by molar-refractivity contribution is -0.274. The second-order valence-electron chi connectivity index (χ2n) is 5.29. The molecule has 0 spiro atoms. The Kier molecular flexibility index (Phi) is 4.66. The van der Waals surface area contributed by atoms with E-state index in [2.05, 4.69) is 15.0 Å². The summed E-state index contributed by atoms with van der Waals surface area (Å²) in [5.74, 6) is -0.729. The zero-order valence-electron chi connectivity index (χ0n) is 13.5. The number of rotatable bonds is 4. The smallest absolute Gasteiger partial charge is 0.441 e. The Labute approximate surface area is 146 Å². The Bertz CT molecular complexity index is 921. The number of anilines is 1. The molecule has 0 saturated heterocycles. The average molecular weight is 362 g/mol. The number of aryl methyl sites for hydroxylation is 1. The summed E-state index contributed by atoms with van der Waals surface area (Å²) in [4.78, 5) is 16.6. The molecule has 2 aromatic carbocycles. The Morgan fingerprint density at radius 1 is 1.08 bits per heavy atom. The third-order valence-electron chi connectivity index (χ3n) is 3.39. The van der Waals surface area contributed by atoms with Gasteiger partial charge in [-0.3, -0.25) is 4.79 Å². The number of carbonyl (C=O) groups excluding carboxylic acids is 1. The van der Waals surface area contributed by atoms with E-state index in [-0.39, 0.29) is 23.0 Å². The molecule has 1 aromatic heterocycles. The molecule has 0 saturated carbocycles. The Morgan fingerprint density at radius 2 is 1.73 bits per heavy atom. The van der Waals surface area contributed by atoms with Crippen molar-refractivity contribution in [2.24, 2.45) is 0 Å². The molecule has 8 heteroatoms. The highest BCUT2D eigenvalue weighted by molar-refractivity contribution is 6.04. The van der Waals surface area contributed by atoms with Crippen molar-refractivity contribution in [1.82, 2.24) is 4.98 Å². The molecule has 0 unspecified atom stereocenters. The number of aromatic nitrogens is 1. The summed E-state index contributed by atoms with van der Waals surface area (Å²) >= 11 is 0. The van der Waals surface area contributed by atoms with Crippen molar-refractivity contribution in [1.29, 1.82) is 0 Å². The molecule has 1 N–H and O–H groups in total. The molecule has 26 heavy (non-hydrogen) atoms. The van der Waals surface area contributed by atoms with E-state index in [1.165, 1.54) is 18.2 Å². The molecule has 3 rings (SSSR count). The summed E-state index contributed by atoms with van der Waals surface area (Å²) in [5.41, 5.74) is 0.527. The van der Waals surface area contributed by atoms with Crippen LogP contribution in [0.15, 0.2) is 59.0 Å². The highest BCUT2D eigenvalue weighted by Crippen LogP contribution is 2.30. The molecule has 1 heterocycles. The quantitative estimate of drug-likeness (QED) is 0.724. The summed E-state index contributed by atoms with van der Waals surface area (Å²) in [6, 6.07) is 14.2. The number of hydrogen-bond acceptors (Lipinski definition) is 4. The number of hydrogen-bond donors (Lipinski definition) is 1. The molecule has 0 aliphatic heterocycles. The number of para-hydroxylation sites is 2. The standard InChI is InChI=1S/C18H13F3N2O3/c1-11-15(23-17(25-11)12-7-3-2-4-8-12)16(24)22-13-9-5-6-10-14(13)26-18(19,20)21/h2-10H,1H3,(H,22,24). The van der Waals surface area contributed by atoms with Gasteiger partial charge in [0.1, 0.15) is 5.76 Å². The number of nitrogens with zero attached hydrogens (tertiary/aromatic N) is 1. The van der Waals surface area contributed by atoms with Crippen molar-refractivity contribution >= 4 is 11.6 Å². The molecule has 0 atom stereocenters. The highest BCUT2D eigenvalue weighted by atomic mass is 19.4. The Hall–Kier alpha value is -3.29. The first-order chi connectivity index (χ1) is 12.3. The van der Waals surface area contributed by atoms with Crippen LogP contribution in [0.2, 0.25) is 0 Å². The number of alkyl halides is 3. The zero-order valence-corrected chi connectivity index (χ0v) is 13.5. The van der Waals surface area contributed by atoms with E-state index in [4.69, 9.17) is 4.42 Å². The van der Waals surface area contributed by atoms with E-state index >= 15 is 0 Å². The van der Waals surface area contributed by atoms with Crippen LogP contribution in [0, 0.1) is 6.92 Å². The van der Waals surface area contributed by atoms with Gasteiger partial charge in [0.15, 0.2) is 11.4 Å². The molecule has 0 fully saturated rings. The van der Waals surface area contributed by atoms with E-state index in [0.717, 1.165) is 6.07 Å². The predicted molar refractivity (Wildman–Crippen MR) is 87.8 cm³/mol. The van der Waals surface area contributed by atoms with Crippen molar-refractivity contribution in [3.63, 3.8) is 0 Å². The van der Waals surface area contributed by atoms with E-state index in [0.29, 0.717) is 5.56 Å². The minimum atomic E-state index is -4.87. The SMILES string of the molecule is Cc1oc(-c2ccccc2)nc1C(=O)Nc1ccccc1OC(F)(F)F. The van der Waals surface area contributed by atoms with Crippen LogP contribution < -0.4 is 10.1 Å². The number of carbonyl (C=O) groups is 1. The molecular weight excluding hydrogens is 349 g/mol. The van der Waals surface area contributed by atoms with Gasteiger partial charge in [0, 0.05) is 5.56 Å². The first kappa shape index (κ1) is 17.5. The van der Waals surface area contributed by atoms with Crippen LogP contribution in [-0.2, 0) is 0 Å². The monoisotopic (exact) mass is 362 g/mol. The van der Waals surface area contributed by atoms with Gasteiger partial charge in [0.2, 0.25) is 5.89 Å². The van der Waals surface area contributed by atoms with Crippen LogP contribution in [0.4, 0.5) is 18.9 Å². The van der Waals surface area contributed by atoms with Crippen molar-refractivity contribution < 1.29 is 27.1 Å². The van der Waals surface area contributed by atoms with Crippen LogP contribution in [0.5, 0.6) is 5.75 Å². The second-order valence-corrected chi connectivity index (χ2v) is 5.29. The summed E-state index contributed by atoms with van der Waals surface area (Å²) in [7, 11) is 0. The zero-order chi connectivity index (χ0) is 18.7. The van der Waals surface area contributed by atoms with Gasteiger partial charge in [-0.1, -0.05) is 30.3 Å². The van der Waals surface area contributed by atoms with Gasteiger partial charge >= 0.3 is 6.36 Å². The van der Waals surface area contributed by atoms with Crippen LogP contribution in [0.25, 0.3) is 11.5 Å². The van der Waals surface area contributed by atoms with Crippen LogP contribution >= 0.6 is 0 Å². The highest BCUT2D eigenvalue weighted by Gasteiger charge is 2.32. The Morgan fingerprint density at radius 3 is 2.42 bits per heavy atom. The maximum absolute atomic E-state index is 12.5. The number of nitrogens with one attached hydrogen (secondary N) is 1. The molecule has 0 bridgehead atoms. The fourth-order valence-corrected chi connectivity index (χ4v) is 2.28. The van der Waals surface area contributed by atoms with E-state index in [9.17, 15) is 18.0 Å². The van der Waals surface area contributed by atoms with Gasteiger partial charge in [0.05, 0.1) is 5.69 Å². The number of halogens is 3. The van der Waals surface area contributed by atoms with E-state index in [1.54, 1.807) is 31.2 Å². The van der Waals surface area contributed by atoms with Gasteiger partial charge in [-0.2, -0.15) is 0 Å². The van der Waals surface area contributed by atoms with Gasteiger partial charge in [-0.05, 0) is 31.2 Å². The average Bonchev–Trinajstić information content (AvgIpc) is 2.98. The van der Waals surface area contributed by atoms with E-state index < -0.39 is 18.0 Å². The summed E-state index contributed by atoms with van der Waals surface area (Å²) in [6.07, 6.45) is -4.87. The lowest BCUT2D eigenvalue weighted by atomic mass is 10.2. The van der Waals surface area contributed by atoms with Crippen LogP contribution in [0.3, 0.4) is 0 Å². The fraction of sp³-hybridized carbons (Fsp3) is 0.111. The van der Waals surface area contributed by atoms with Crippen LogP contribution in [0.1, 0.15) is 16.2 Å².